The van der Waals surface area contributed by atoms with E-state index < -0.39 is 5.97 Å². The van der Waals surface area contributed by atoms with Crippen molar-refractivity contribution in [3.8, 4) is 0 Å². The normalized spacial score (nSPS) is 44.9. The molecule has 17 heavy (non-hydrogen) atoms. The van der Waals surface area contributed by atoms with Gasteiger partial charge in [0.2, 0.25) is 0 Å². The Balaban J connectivity index is 1.82. The zero-order valence-electron chi connectivity index (χ0n) is 10.4. The predicted octanol–water partition coefficient (Wildman–Crippen LogP) is 2.25. The molecule has 4 fully saturated rings. The summed E-state index contributed by atoms with van der Waals surface area (Å²) in [5.41, 5.74) is 6.17. The first-order valence-electron chi connectivity index (χ1n) is 7.03. The van der Waals surface area contributed by atoms with Crippen LogP contribution in [0.25, 0.3) is 0 Å². The number of nitrogens with two attached hydrogens (primary N) is 1. The topological polar surface area (TPSA) is 63.3 Å². The average molecular weight is 237 g/mol. The molecule has 3 nitrogen and oxygen atoms in total. The lowest BCUT2D eigenvalue weighted by Crippen LogP contribution is -2.51. The Bertz CT molecular complexity index is 291. The summed E-state index contributed by atoms with van der Waals surface area (Å²) in [7, 11) is 0. The molecular formula is C14H23NO2. The maximum atomic E-state index is 11.0. The van der Waals surface area contributed by atoms with E-state index in [0.29, 0.717) is 12.0 Å². The summed E-state index contributed by atoms with van der Waals surface area (Å²) < 4.78 is 0. The van der Waals surface area contributed by atoms with Gasteiger partial charge >= 0.3 is 5.97 Å². The van der Waals surface area contributed by atoms with Crippen LogP contribution in [0, 0.1) is 29.1 Å². The highest BCUT2D eigenvalue weighted by atomic mass is 16.4. The Labute approximate surface area is 103 Å². The van der Waals surface area contributed by atoms with Crippen LogP contribution in [0.5, 0.6) is 0 Å². The van der Waals surface area contributed by atoms with E-state index in [1.54, 1.807) is 0 Å². The third-order valence-electron chi connectivity index (χ3n) is 5.66. The van der Waals surface area contributed by atoms with Crippen molar-refractivity contribution in [2.75, 3.05) is 6.54 Å². The molecule has 0 amide bonds. The van der Waals surface area contributed by atoms with E-state index in [4.69, 9.17) is 10.8 Å². The standard InChI is InChI=1S/C14H23NO2/c15-8-12(4-13(16)17)14-5-9-1-10(6-14)3-11(2-9)7-14/h9-12H,1-8,15H2,(H,16,17)/t9?,10?,11?,12-,14?/m0/s1. The molecule has 96 valence electrons. The van der Waals surface area contributed by atoms with Gasteiger partial charge in [0.15, 0.2) is 0 Å². The molecule has 0 spiro atoms. The minimum atomic E-state index is -0.670. The summed E-state index contributed by atoms with van der Waals surface area (Å²) in [6, 6.07) is 0. The lowest BCUT2D eigenvalue weighted by molar-refractivity contribution is -0.143. The van der Waals surface area contributed by atoms with Crippen molar-refractivity contribution < 1.29 is 9.90 Å². The molecular weight excluding hydrogens is 214 g/mol. The molecule has 1 atom stereocenters. The molecule has 4 rings (SSSR count). The number of hydrogen-bond donors (Lipinski definition) is 2. The van der Waals surface area contributed by atoms with Crippen LogP contribution in [-0.2, 0) is 4.79 Å². The fraction of sp³-hybridized carbons (Fsp3) is 0.929. The summed E-state index contributed by atoms with van der Waals surface area (Å²) in [6.45, 7) is 0.554. The van der Waals surface area contributed by atoms with Crippen molar-refractivity contribution in [2.24, 2.45) is 34.8 Å². The molecule has 4 aliphatic carbocycles. The van der Waals surface area contributed by atoms with Gasteiger partial charge in [-0.1, -0.05) is 0 Å². The fourth-order valence-electron chi connectivity index (χ4n) is 5.44. The maximum absolute atomic E-state index is 11.0. The number of aliphatic carboxylic acids is 1. The second-order valence-corrected chi connectivity index (χ2v) is 6.81. The SMILES string of the molecule is NC[C@H](CC(=O)O)C12CC3CC(CC(C3)C1)C2. The fourth-order valence-corrected chi connectivity index (χ4v) is 5.44. The minimum absolute atomic E-state index is 0.216. The van der Waals surface area contributed by atoms with Gasteiger partial charge in [0.05, 0.1) is 0 Å². The summed E-state index contributed by atoms with van der Waals surface area (Å²) in [6.07, 6.45) is 8.27. The first-order chi connectivity index (χ1) is 8.11. The first-order valence-corrected chi connectivity index (χ1v) is 7.03. The van der Waals surface area contributed by atoms with Crippen LogP contribution >= 0.6 is 0 Å². The van der Waals surface area contributed by atoms with Gasteiger partial charge in [0, 0.05) is 6.42 Å². The van der Waals surface area contributed by atoms with Gasteiger partial charge in [-0.05, 0) is 74.2 Å². The molecule has 4 saturated carbocycles. The quantitative estimate of drug-likeness (QED) is 0.788. The van der Waals surface area contributed by atoms with E-state index in [1.807, 2.05) is 0 Å². The van der Waals surface area contributed by atoms with E-state index >= 15 is 0 Å². The van der Waals surface area contributed by atoms with Crippen LogP contribution in [0.2, 0.25) is 0 Å². The van der Waals surface area contributed by atoms with Crippen LogP contribution in [-0.4, -0.2) is 17.6 Å². The van der Waals surface area contributed by atoms with Crippen molar-refractivity contribution >= 4 is 5.97 Å². The number of carbonyl (C=O) groups is 1. The minimum Gasteiger partial charge on any atom is -0.481 e. The van der Waals surface area contributed by atoms with Gasteiger partial charge in [-0.2, -0.15) is 0 Å². The van der Waals surface area contributed by atoms with E-state index in [1.165, 1.54) is 38.5 Å². The Kier molecular flexibility index (Phi) is 2.69. The predicted molar refractivity (Wildman–Crippen MR) is 65.4 cm³/mol. The molecule has 0 aromatic heterocycles. The molecule has 3 N–H and O–H groups in total. The number of carboxylic acid groups (broad SMARTS) is 1. The molecule has 0 aromatic carbocycles. The van der Waals surface area contributed by atoms with Crippen LogP contribution in [0.4, 0.5) is 0 Å². The van der Waals surface area contributed by atoms with Gasteiger partial charge in [0.25, 0.3) is 0 Å². The second kappa shape index (κ2) is 3.98. The molecule has 0 radical (unpaired) electrons. The zero-order valence-corrected chi connectivity index (χ0v) is 10.4. The molecule has 0 aliphatic heterocycles. The van der Waals surface area contributed by atoms with Crippen LogP contribution in [0.15, 0.2) is 0 Å². The molecule has 4 bridgehead atoms. The summed E-state index contributed by atoms with van der Waals surface area (Å²) in [5.74, 6) is 2.18. The highest BCUT2D eigenvalue weighted by molar-refractivity contribution is 5.67. The summed E-state index contributed by atoms with van der Waals surface area (Å²) >= 11 is 0. The molecule has 0 aromatic rings. The molecule has 3 heteroatoms. The van der Waals surface area contributed by atoms with Crippen LogP contribution in [0.3, 0.4) is 0 Å². The van der Waals surface area contributed by atoms with Crippen molar-refractivity contribution in [1.82, 2.24) is 0 Å². The smallest absolute Gasteiger partial charge is 0.303 e. The number of hydrogen-bond acceptors (Lipinski definition) is 2. The Morgan fingerprint density at radius 3 is 2.00 bits per heavy atom. The van der Waals surface area contributed by atoms with E-state index in [-0.39, 0.29) is 12.3 Å². The highest BCUT2D eigenvalue weighted by Crippen LogP contribution is 2.63. The van der Waals surface area contributed by atoms with Crippen molar-refractivity contribution in [3.63, 3.8) is 0 Å². The van der Waals surface area contributed by atoms with Crippen molar-refractivity contribution in [1.29, 1.82) is 0 Å². The second-order valence-electron chi connectivity index (χ2n) is 6.81. The van der Waals surface area contributed by atoms with Crippen molar-refractivity contribution in [3.05, 3.63) is 0 Å². The largest absolute Gasteiger partial charge is 0.481 e. The van der Waals surface area contributed by atoms with Gasteiger partial charge in [-0.25, -0.2) is 0 Å². The molecule has 4 aliphatic rings. The van der Waals surface area contributed by atoms with Gasteiger partial charge in [0.1, 0.15) is 0 Å². The Morgan fingerprint density at radius 1 is 1.18 bits per heavy atom. The van der Waals surface area contributed by atoms with E-state index in [9.17, 15) is 4.79 Å². The third-order valence-corrected chi connectivity index (χ3v) is 5.66. The maximum Gasteiger partial charge on any atom is 0.303 e. The Hall–Kier alpha value is -0.570. The monoisotopic (exact) mass is 237 g/mol. The Morgan fingerprint density at radius 2 is 1.65 bits per heavy atom. The zero-order chi connectivity index (χ0) is 12.0. The number of carboxylic acids is 1. The summed E-state index contributed by atoms with van der Waals surface area (Å²) in [4.78, 5) is 11.0. The molecule has 0 saturated heterocycles. The first kappa shape index (κ1) is 11.5. The van der Waals surface area contributed by atoms with Gasteiger partial charge < -0.3 is 10.8 Å². The van der Waals surface area contributed by atoms with E-state index in [2.05, 4.69) is 0 Å². The number of rotatable bonds is 4. The van der Waals surface area contributed by atoms with E-state index in [0.717, 1.165) is 17.8 Å². The van der Waals surface area contributed by atoms with Gasteiger partial charge in [-0.3, -0.25) is 4.79 Å². The molecule has 0 heterocycles. The third kappa shape index (κ3) is 1.88. The average Bonchev–Trinajstić information content (AvgIpc) is 2.23. The van der Waals surface area contributed by atoms with Gasteiger partial charge in [-0.15, -0.1) is 0 Å². The lowest BCUT2D eigenvalue weighted by atomic mass is 9.46. The summed E-state index contributed by atoms with van der Waals surface area (Å²) in [5, 5.41) is 9.06. The highest BCUT2D eigenvalue weighted by Gasteiger charge is 2.53. The lowest BCUT2D eigenvalue weighted by Gasteiger charge is -2.59. The van der Waals surface area contributed by atoms with Crippen LogP contribution < -0.4 is 5.73 Å². The van der Waals surface area contributed by atoms with Crippen LogP contribution in [0.1, 0.15) is 44.9 Å². The molecule has 0 unspecified atom stereocenters. The van der Waals surface area contributed by atoms with Crippen molar-refractivity contribution in [2.45, 2.75) is 44.9 Å².